The van der Waals surface area contributed by atoms with Crippen LogP contribution in [0.15, 0.2) is 30.3 Å². The van der Waals surface area contributed by atoms with Crippen LogP contribution >= 0.6 is 0 Å². The molecule has 16 heavy (non-hydrogen) atoms. The largest absolute Gasteiger partial charge is 0.370 e. The lowest BCUT2D eigenvalue weighted by Crippen LogP contribution is -2.57. The highest BCUT2D eigenvalue weighted by Gasteiger charge is 2.31. The quantitative estimate of drug-likeness (QED) is 0.779. The predicted octanol–water partition coefficient (Wildman–Crippen LogP) is 1.37. The number of benzene rings is 1. The fraction of sp³-hybridized carbons (Fsp3) is 0.538. The van der Waals surface area contributed by atoms with E-state index in [9.17, 15) is 0 Å². The van der Waals surface area contributed by atoms with E-state index in [0.29, 0.717) is 0 Å². The molecule has 0 aromatic heterocycles. The molecule has 1 aromatic carbocycles. The third-order valence-electron chi connectivity index (χ3n) is 3.42. The first-order valence-corrected chi connectivity index (χ1v) is 6.07. The Bertz CT molecular complexity index is 307. The maximum Gasteiger partial charge on any atom is 0.132 e. The minimum atomic E-state index is 0.772. The maximum absolute atomic E-state index is 5.64. The molecular formula is C13H21N2O+. The van der Waals surface area contributed by atoms with Crippen LogP contribution < -0.4 is 10.2 Å². The monoisotopic (exact) mass is 221 g/mol. The number of quaternary nitrogens is 1. The van der Waals surface area contributed by atoms with Crippen molar-refractivity contribution in [1.29, 1.82) is 0 Å². The van der Waals surface area contributed by atoms with Crippen molar-refractivity contribution >= 4 is 5.69 Å². The standard InChI is InChI=1S/C13H21N2O/c14-7-4-8-15(9-11-16-12-10-15)13-5-2-1-3-6-13/h1-3,5-6H,4,7-12,14H2/q+1. The van der Waals surface area contributed by atoms with Crippen LogP contribution in [0.3, 0.4) is 0 Å². The van der Waals surface area contributed by atoms with Gasteiger partial charge < -0.3 is 10.5 Å². The van der Waals surface area contributed by atoms with Crippen LogP contribution in [0, 0.1) is 0 Å². The molecule has 1 fully saturated rings. The first-order chi connectivity index (χ1) is 7.87. The summed E-state index contributed by atoms with van der Waals surface area (Å²) in [4.78, 5) is 0. The van der Waals surface area contributed by atoms with Gasteiger partial charge in [0.25, 0.3) is 0 Å². The van der Waals surface area contributed by atoms with E-state index in [4.69, 9.17) is 10.5 Å². The molecule has 0 saturated carbocycles. The number of hydrogen-bond acceptors (Lipinski definition) is 2. The Morgan fingerprint density at radius 3 is 2.44 bits per heavy atom. The molecule has 0 aliphatic carbocycles. The summed E-state index contributed by atoms with van der Waals surface area (Å²) in [6, 6.07) is 10.8. The van der Waals surface area contributed by atoms with Crippen LogP contribution in [0.5, 0.6) is 0 Å². The van der Waals surface area contributed by atoms with Gasteiger partial charge in [0.15, 0.2) is 0 Å². The molecule has 0 amide bonds. The molecule has 2 rings (SSSR count). The molecule has 0 bridgehead atoms. The molecule has 3 nitrogen and oxygen atoms in total. The first kappa shape index (κ1) is 11.6. The Balaban J connectivity index is 2.19. The summed E-state index contributed by atoms with van der Waals surface area (Å²) in [5.41, 5.74) is 7.04. The average Bonchev–Trinajstić information content (AvgIpc) is 2.38. The fourth-order valence-corrected chi connectivity index (χ4v) is 2.44. The summed E-state index contributed by atoms with van der Waals surface area (Å²) in [6.45, 7) is 5.77. The molecule has 88 valence electrons. The van der Waals surface area contributed by atoms with Gasteiger partial charge in [0.1, 0.15) is 18.8 Å². The second kappa shape index (κ2) is 5.43. The molecule has 0 unspecified atom stereocenters. The fourth-order valence-electron chi connectivity index (χ4n) is 2.44. The van der Waals surface area contributed by atoms with Crippen molar-refractivity contribution in [3.63, 3.8) is 0 Å². The Morgan fingerprint density at radius 1 is 1.12 bits per heavy atom. The third-order valence-corrected chi connectivity index (χ3v) is 3.42. The summed E-state index contributed by atoms with van der Waals surface area (Å²) in [5.74, 6) is 0. The number of para-hydroxylation sites is 1. The van der Waals surface area contributed by atoms with E-state index >= 15 is 0 Å². The highest BCUT2D eigenvalue weighted by atomic mass is 16.5. The number of hydrogen-bond donors (Lipinski definition) is 1. The smallest absolute Gasteiger partial charge is 0.132 e. The van der Waals surface area contributed by atoms with Gasteiger partial charge >= 0.3 is 0 Å². The van der Waals surface area contributed by atoms with E-state index in [0.717, 1.165) is 50.3 Å². The van der Waals surface area contributed by atoms with Gasteiger partial charge in [-0.3, -0.25) is 4.48 Å². The minimum Gasteiger partial charge on any atom is -0.370 e. The summed E-state index contributed by atoms with van der Waals surface area (Å²) in [7, 11) is 0. The molecule has 1 aliphatic rings. The van der Waals surface area contributed by atoms with Gasteiger partial charge in [0.2, 0.25) is 0 Å². The molecule has 1 aliphatic heterocycles. The van der Waals surface area contributed by atoms with Crippen LogP contribution in [-0.2, 0) is 4.74 Å². The van der Waals surface area contributed by atoms with Gasteiger partial charge in [0, 0.05) is 6.42 Å². The molecule has 1 aromatic rings. The molecule has 2 N–H and O–H groups in total. The maximum atomic E-state index is 5.64. The van der Waals surface area contributed by atoms with Gasteiger partial charge in [0.05, 0.1) is 19.8 Å². The summed E-state index contributed by atoms with van der Waals surface area (Å²) >= 11 is 0. The normalized spacial score (nSPS) is 19.6. The number of nitrogens with two attached hydrogens (primary N) is 1. The summed E-state index contributed by atoms with van der Waals surface area (Å²) in [5, 5.41) is 0. The Hall–Kier alpha value is -0.900. The number of ether oxygens (including phenoxy) is 1. The van der Waals surface area contributed by atoms with Gasteiger partial charge in [-0.1, -0.05) is 18.2 Å². The molecule has 0 spiro atoms. The van der Waals surface area contributed by atoms with Crippen LogP contribution in [-0.4, -0.2) is 39.4 Å². The summed E-state index contributed by atoms with van der Waals surface area (Å²) in [6.07, 6.45) is 1.08. The predicted molar refractivity (Wildman–Crippen MR) is 67.3 cm³/mol. The van der Waals surface area contributed by atoms with Crippen molar-refractivity contribution in [2.24, 2.45) is 5.73 Å². The van der Waals surface area contributed by atoms with Crippen molar-refractivity contribution in [2.75, 3.05) is 39.4 Å². The number of morpholine rings is 1. The van der Waals surface area contributed by atoms with Crippen molar-refractivity contribution in [2.45, 2.75) is 6.42 Å². The highest BCUT2D eigenvalue weighted by Crippen LogP contribution is 2.24. The summed E-state index contributed by atoms with van der Waals surface area (Å²) < 4.78 is 6.52. The van der Waals surface area contributed by atoms with E-state index in [2.05, 4.69) is 30.3 Å². The average molecular weight is 221 g/mol. The molecule has 1 heterocycles. The lowest BCUT2D eigenvalue weighted by atomic mass is 10.2. The molecule has 0 atom stereocenters. The van der Waals surface area contributed by atoms with E-state index in [-0.39, 0.29) is 0 Å². The van der Waals surface area contributed by atoms with Crippen molar-refractivity contribution in [3.8, 4) is 0 Å². The second-order valence-electron chi connectivity index (χ2n) is 4.41. The van der Waals surface area contributed by atoms with Gasteiger partial charge in [-0.25, -0.2) is 0 Å². The van der Waals surface area contributed by atoms with Crippen LogP contribution in [0.1, 0.15) is 6.42 Å². The van der Waals surface area contributed by atoms with Crippen LogP contribution in [0.25, 0.3) is 0 Å². The van der Waals surface area contributed by atoms with Crippen molar-refractivity contribution in [3.05, 3.63) is 30.3 Å². The van der Waals surface area contributed by atoms with E-state index < -0.39 is 0 Å². The Kier molecular flexibility index (Phi) is 3.93. The number of rotatable bonds is 4. The highest BCUT2D eigenvalue weighted by molar-refractivity contribution is 5.42. The van der Waals surface area contributed by atoms with Crippen LogP contribution in [0.4, 0.5) is 5.69 Å². The third kappa shape index (κ3) is 2.43. The second-order valence-corrected chi connectivity index (χ2v) is 4.41. The SMILES string of the molecule is NCCC[N+]1(c2ccccc2)CCOCC1. The van der Waals surface area contributed by atoms with E-state index in [1.165, 1.54) is 5.69 Å². The molecular weight excluding hydrogens is 200 g/mol. The molecule has 3 heteroatoms. The minimum absolute atomic E-state index is 0.772. The van der Waals surface area contributed by atoms with Crippen molar-refractivity contribution < 1.29 is 4.74 Å². The zero-order valence-corrected chi connectivity index (χ0v) is 9.77. The zero-order valence-electron chi connectivity index (χ0n) is 9.77. The first-order valence-electron chi connectivity index (χ1n) is 6.07. The number of nitrogens with zero attached hydrogens (tertiary/aromatic N) is 1. The molecule has 1 saturated heterocycles. The zero-order chi connectivity index (χ0) is 11.3. The van der Waals surface area contributed by atoms with Crippen molar-refractivity contribution in [1.82, 2.24) is 4.48 Å². The van der Waals surface area contributed by atoms with Gasteiger partial charge in [-0.2, -0.15) is 0 Å². The van der Waals surface area contributed by atoms with Crippen LogP contribution in [0.2, 0.25) is 0 Å². The topological polar surface area (TPSA) is 35.2 Å². The Labute approximate surface area is 97.4 Å². The van der Waals surface area contributed by atoms with Gasteiger partial charge in [-0.15, -0.1) is 0 Å². The van der Waals surface area contributed by atoms with E-state index in [1.807, 2.05) is 0 Å². The van der Waals surface area contributed by atoms with Gasteiger partial charge in [-0.05, 0) is 18.7 Å². The Morgan fingerprint density at radius 2 is 1.81 bits per heavy atom. The lowest BCUT2D eigenvalue weighted by Gasteiger charge is -2.40. The lowest BCUT2D eigenvalue weighted by molar-refractivity contribution is 0.0405. The van der Waals surface area contributed by atoms with E-state index in [1.54, 1.807) is 0 Å². The molecule has 0 radical (unpaired) electrons.